The molecule has 15 heavy (non-hydrogen) atoms. The van der Waals surface area contributed by atoms with E-state index < -0.39 is 0 Å². The fraction of sp³-hybridized carbons (Fsp3) is 1.00. The molecule has 5 N–H and O–H groups in total. The smallest absolute Gasteiger partial charge is 0.0555 e. The molecule has 0 spiro atoms. The molecule has 0 radical (unpaired) electrons. The van der Waals surface area contributed by atoms with E-state index in [9.17, 15) is 0 Å². The Morgan fingerprint density at radius 2 is 1.20 bits per heavy atom. The van der Waals surface area contributed by atoms with Crippen molar-refractivity contribution in [2.75, 3.05) is 33.4 Å². The second-order valence-corrected chi connectivity index (χ2v) is 2.75. The maximum Gasteiger partial charge on any atom is 0.0555 e. The van der Waals surface area contributed by atoms with Crippen LogP contribution in [0.25, 0.3) is 0 Å². The predicted molar refractivity (Wildman–Crippen MR) is 69.1 cm³/mol. The molecular weight excluding hydrogens is 192 g/mol. The van der Waals surface area contributed by atoms with Gasteiger partial charge in [-0.05, 0) is 7.05 Å². The maximum atomic E-state index is 8.00. The Kier molecular flexibility index (Phi) is 78.7. The van der Waals surface area contributed by atoms with Crippen molar-refractivity contribution in [3.8, 4) is 0 Å². The first kappa shape index (κ1) is 24.2. The summed E-state index contributed by atoms with van der Waals surface area (Å²) in [6.07, 6.45) is 2.50. The first-order valence-corrected chi connectivity index (χ1v) is 5.72. The minimum atomic E-state index is 0.0972. The van der Waals surface area contributed by atoms with Gasteiger partial charge < -0.3 is 21.3 Å². The summed E-state index contributed by atoms with van der Waals surface area (Å²) in [6, 6.07) is 0. The summed E-state index contributed by atoms with van der Waals surface area (Å²) in [5.74, 6) is 0. The molecular formula is C11H32N2O2. The second-order valence-electron chi connectivity index (χ2n) is 2.75. The van der Waals surface area contributed by atoms with Crippen LogP contribution in [0.4, 0.5) is 0 Å². The average molecular weight is 224 g/mol. The molecule has 0 aromatic carbocycles. The van der Waals surface area contributed by atoms with Crippen LogP contribution in [-0.4, -0.2) is 43.6 Å². The molecule has 0 heterocycles. The zero-order valence-corrected chi connectivity index (χ0v) is 11.2. The first-order chi connectivity index (χ1) is 7.16. The fourth-order valence-corrected chi connectivity index (χ4v) is 0.112. The average Bonchev–Trinajstić information content (AvgIpc) is 2.22. The van der Waals surface area contributed by atoms with Gasteiger partial charge in [0, 0.05) is 13.1 Å². The van der Waals surface area contributed by atoms with Crippen LogP contribution in [0.3, 0.4) is 0 Å². The summed E-state index contributed by atoms with van der Waals surface area (Å²) >= 11 is 0. The molecule has 0 fully saturated rings. The lowest BCUT2D eigenvalue weighted by molar-refractivity contribution is 0.296. The molecule has 98 valence electrons. The summed E-state index contributed by atoms with van der Waals surface area (Å²) in [5.41, 5.74) is 4.78. The van der Waals surface area contributed by atoms with Crippen LogP contribution in [0.2, 0.25) is 0 Å². The van der Waals surface area contributed by atoms with Crippen molar-refractivity contribution in [3.05, 3.63) is 0 Å². The molecule has 0 atom stereocenters. The molecule has 0 aliphatic heterocycles. The van der Waals surface area contributed by atoms with Crippen LogP contribution in [0, 0.1) is 0 Å². The largest absolute Gasteiger partial charge is 0.395 e. The quantitative estimate of drug-likeness (QED) is 0.576. The Hall–Kier alpha value is -0.160. The van der Waals surface area contributed by atoms with Crippen LogP contribution in [0.5, 0.6) is 0 Å². The SMILES string of the molecule is CCC.CCC.CNCCO.NCCO. The Balaban J connectivity index is -0.0000000553. The van der Waals surface area contributed by atoms with E-state index in [1.54, 1.807) is 7.05 Å². The number of hydrogen-bond acceptors (Lipinski definition) is 4. The minimum Gasteiger partial charge on any atom is -0.395 e. The summed E-state index contributed by atoms with van der Waals surface area (Å²) in [6.45, 7) is 9.90. The summed E-state index contributed by atoms with van der Waals surface area (Å²) in [4.78, 5) is 0. The molecule has 0 saturated heterocycles. The molecule has 0 aliphatic carbocycles. The number of rotatable bonds is 3. The monoisotopic (exact) mass is 224 g/mol. The molecule has 0 aliphatic rings. The van der Waals surface area contributed by atoms with Crippen LogP contribution >= 0.6 is 0 Å². The normalized spacial score (nSPS) is 7.20. The Labute approximate surface area is 95.9 Å². The summed E-state index contributed by atoms with van der Waals surface area (Å²) in [5, 5.41) is 18.5. The number of aliphatic hydroxyl groups excluding tert-OH is 2. The zero-order chi connectivity index (χ0) is 12.9. The molecule has 0 amide bonds. The van der Waals surface area contributed by atoms with E-state index in [1.165, 1.54) is 12.8 Å². The van der Waals surface area contributed by atoms with Gasteiger partial charge in [0.2, 0.25) is 0 Å². The van der Waals surface area contributed by atoms with Gasteiger partial charge in [0.25, 0.3) is 0 Å². The molecule has 0 bridgehead atoms. The third-order valence-corrected chi connectivity index (χ3v) is 0.491. The van der Waals surface area contributed by atoms with E-state index in [2.05, 4.69) is 33.0 Å². The van der Waals surface area contributed by atoms with E-state index in [0.29, 0.717) is 13.1 Å². The highest BCUT2D eigenvalue weighted by atomic mass is 16.3. The number of aliphatic hydroxyl groups is 2. The van der Waals surface area contributed by atoms with Gasteiger partial charge in [-0.15, -0.1) is 0 Å². The lowest BCUT2D eigenvalue weighted by atomic mass is 10.6. The third kappa shape index (κ3) is 241. The molecule has 0 aromatic heterocycles. The lowest BCUT2D eigenvalue weighted by Crippen LogP contribution is -2.10. The van der Waals surface area contributed by atoms with Gasteiger partial charge in [-0.2, -0.15) is 0 Å². The van der Waals surface area contributed by atoms with E-state index in [1.807, 2.05) is 0 Å². The fourth-order valence-electron chi connectivity index (χ4n) is 0.112. The number of hydrogen-bond donors (Lipinski definition) is 4. The van der Waals surface area contributed by atoms with E-state index in [0.717, 1.165) is 0 Å². The maximum absolute atomic E-state index is 8.00. The van der Waals surface area contributed by atoms with Gasteiger partial charge in [-0.1, -0.05) is 40.5 Å². The lowest BCUT2D eigenvalue weighted by Gasteiger charge is -1.84. The highest BCUT2D eigenvalue weighted by Crippen LogP contribution is 1.56. The molecule has 0 aromatic rings. The van der Waals surface area contributed by atoms with Gasteiger partial charge in [0.15, 0.2) is 0 Å². The summed E-state index contributed by atoms with van der Waals surface area (Å²) in [7, 11) is 1.80. The topological polar surface area (TPSA) is 78.5 Å². The van der Waals surface area contributed by atoms with Gasteiger partial charge in [-0.25, -0.2) is 0 Å². The molecule has 0 saturated carbocycles. The van der Waals surface area contributed by atoms with Gasteiger partial charge in [0.1, 0.15) is 0 Å². The van der Waals surface area contributed by atoms with Crippen molar-refractivity contribution in [2.24, 2.45) is 5.73 Å². The first-order valence-electron chi connectivity index (χ1n) is 5.72. The van der Waals surface area contributed by atoms with Crippen LogP contribution < -0.4 is 11.1 Å². The number of nitrogens with two attached hydrogens (primary N) is 1. The van der Waals surface area contributed by atoms with Gasteiger partial charge in [-0.3, -0.25) is 0 Å². The van der Waals surface area contributed by atoms with Crippen molar-refractivity contribution >= 4 is 0 Å². The van der Waals surface area contributed by atoms with Crippen LogP contribution in [0.15, 0.2) is 0 Å². The Morgan fingerprint density at radius 3 is 1.20 bits per heavy atom. The standard InChI is InChI=1S/C3H9NO.2C3H8.C2H7NO/c1-4-2-3-5;2*1-3-2;3-1-2-4/h4-5H,2-3H2,1H3;2*3H2,1-2H3;4H,1-3H2. The van der Waals surface area contributed by atoms with Crippen LogP contribution in [-0.2, 0) is 0 Å². The number of likely N-dealkylation sites (N-methyl/N-ethyl adjacent to an activating group) is 1. The summed E-state index contributed by atoms with van der Waals surface area (Å²) < 4.78 is 0. The highest BCUT2D eigenvalue weighted by molar-refractivity contribution is 4.27. The Bertz CT molecular complexity index is 49.9. The van der Waals surface area contributed by atoms with Crippen LogP contribution in [0.1, 0.15) is 40.5 Å². The molecule has 4 heteroatoms. The van der Waals surface area contributed by atoms with Gasteiger partial charge in [0.05, 0.1) is 13.2 Å². The third-order valence-electron chi connectivity index (χ3n) is 0.491. The van der Waals surface area contributed by atoms with E-state index in [4.69, 9.17) is 15.9 Å². The second kappa shape index (κ2) is 48.8. The molecule has 0 rings (SSSR count). The molecule has 0 unspecified atom stereocenters. The molecule has 4 nitrogen and oxygen atoms in total. The number of nitrogens with one attached hydrogen (secondary N) is 1. The predicted octanol–water partition coefficient (Wildman–Crippen LogP) is 0.968. The van der Waals surface area contributed by atoms with Crippen molar-refractivity contribution in [2.45, 2.75) is 40.5 Å². The van der Waals surface area contributed by atoms with Crippen molar-refractivity contribution in [3.63, 3.8) is 0 Å². The zero-order valence-electron chi connectivity index (χ0n) is 11.2. The Morgan fingerprint density at radius 1 is 0.933 bits per heavy atom. The minimum absolute atomic E-state index is 0.0972. The highest BCUT2D eigenvalue weighted by Gasteiger charge is 1.65. The van der Waals surface area contributed by atoms with Gasteiger partial charge >= 0.3 is 0 Å². The van der Waals surface area contributed by atoms with Crippen molar-refractivity contribution in [1.82, 2.24) is 5.32 Å². The van der Waals surface area contributed by atoms with E-state index in [-0.39, 0.29) is 13.2 Å². The van der Waals surface area contributed by atoms with E-state index >= 15 is 0 Å². The van der Waals surface area contributed by atoms with Crippen molar-refractivity contribution in [1.29, 1.82) is 0 Å². The van der Waals surface area contributed by atoms with Crippen molar-refractivity contribution < 1.29 is 10.2 Å².